The van der Waals surface area contributed by atoms with E-state index in [1.807, 2.05) is 0 Å². The lowest BCUT2D eigenvalue weighted by molar-refractivity contribution is -0.137. The molecule has 0 aromatic heterocycles. The van der Waals surface area contributed by atoms with E-state index in [1.54, 1.807) is 0 Å². The summed E-state index contributed by atoms with van der Waals surface area (Å²) in [6.07, 6.45) is -4.56. The number of carbonyl (C=O) groups excluding carboxylic acids is 1. The van der Waals surface area contributed by atoms with Crippen LogP contribution in [-0.4, -0.2) is 21.4 Å². The van der Waals surface area contributed by atoms with Crippen LogP contribution in [0.2, 0.25) is 0 Å². The number of aryl methyl sites for hydroxylation is 1. The van der Waals surface area contributed by atoms with Crippen LogP contribution in [0.3, 0.4) is 0 Å². The van der Waals surface area contributed by atoms with E-state index < -0.39 is 27.3 Å². The second-order valence-electron chi connectivity index (χ2n) is 5.96. The molecule has 0 aliphatic heterocycles. The number of amides is 1. The third kappa shape index (κ3) is 5.00. The Balaban J connectivity index is 2.44. The highest BCUT2D eigenvalue weighted by molar-refractivity contribution is 7.90. The molecule has 9 heteroatoms. The van der Waals surface area contributed by atoms with Gasteiger partial charge in [0.15, 0.2) is 9.84 Å². The highest BCUT2D eigenvalue weighted by Gasteiger charge is 2.31. The topological polar surface area (TPSA) is 72.5 Å². The summed E-state index contributed by atoms with van der Waals surface area (Å²) in [7, 11) is -2.63. The van der Waals surface area contributed by atoms with E-state index in [-0.39, 0.29) is 22.1 Å². The van der Waals surface area contributed by atoms with E-state index in [9.17, 15) is 26.4 Å². The van der Waals surface area contributed by atoms with Gasteiger partial charge in [-0.05, 0) is 30.2 Å². The molecule has 0 saturated carbocycles. The van der Waals surface area contributed by atoms with Crippen LogP contribution in [0.25, 0.3) is 0 Å². The number of carbonyl (C=O) groups is 1. The van der Waals surface area contributed by atoms with Crippen LogP contribution in [-0.2, 0) is 26.6 Å². The van der Waals surface area contributed by atoms with E-state index in [4.69, 9.17) is 4.74 Å². The monoisotopic (exact) mass is 401 g/mol. The number of benzene rings is 2. The van der Waals surface area contributed by atoms with Crippen LogP contribution in [0.5, 0.6) is 5.75 Å². The molecule has 0 aliphatic rings. The summed E-state index contributed by atoms with van der Waals surface area (Å²) < 4.78 is 69.1. The first-order valence-corrected chi connectivity index (χ1v) is 9.44. The smallest absolute Gasteiger partial charge is 0.416 e. The molecule has 0 bridgehead atoms. The zero-order chi connectivity index (χ0) is 20.4. The van der Waals surface area contributed by atoms with Crippen molar-refractivity contribution in [2.75, 3.05) is 12.4 Å². The van der Waals surface area contributed by atoms with Crippen LogP contribution in [0.4, 0.5) is 18.9 Å². The molecule has 0 unspecified atom stereocenters. The molecule has 1 amide bonds. The number of halogens is 3. The van der Waals surface area contributed by atoms with E-state index >= 15 is 0 Å². The lowest BCUT2D eigenvalue weighted by Crippen LogP contribution is -2.11. The maximum atomic E-state index is 12.8. The van der Waals surface area contributed by atoms with Crippen LogP contribution < -0.4 is 10.1 Å². The van der Waals surface area contributed by atoms with Gasteiger partial charge in [-0.3, -0.25) is 4.79 Å². The van der Waals surface area contributed by atoms with Crippen molar-refractivity contribution in [3.63, 3.8) is 0 Å². The van der Waals surface area contributed by atoms with Gasteiger partial charge in [0, 0.05) is 13.0 Å². The fraction of sp³-hybridized carbons (Fsp3) is 0.278. The molecule has 146 valence electrons. The largest absolute Gasteiger partial charge is 0.495 e. The number of anilines is 1. The predicted molar refractivity (Wildman–Crippen MR) is 94.4 cm³/mol. The average Bonchev–Trinajstić information content (AvgIpc) is 2.53. The zero-order valence-electron chi connectivity index (χ0n) is 14.8. The summed E-state index contributed by atoms with van der Waals surface area (Å²) in [5.74, 6) is -0.814. The molecule has 2 rings (SSSR count). The second kappa shape index (κ2) is 7.59. The molecule has 1 N–H and O–H groups in total. The van der Waals surface area contributed by atoms with E-state index in [0.29, 0.717) is 11.3 Å². The van der Waals surface area contributed by atoms with Crippen LogP contribution in [0, 0.1) is 6.92 Å². The molecule has 0 fully saturated rings. The zero-order valence-corrected chi connectivity index (χ0v) is 15.7. The number of hydrogen-bond donors (Lipinski definition) is 1. The molecule has 0 heterocycles. The Morgan fingerprint density at radius 3 is 2.41 bits per heavy atom. The molecule has 27 heavy (non-hydrogen) atoms. The maximum absolute atomic E-state index is 12.8. The maximum Gasteiger partial charge on any atom is 0.416 e. The van der Waals surface area contributed by atoms with Gasteiger partial charge in [0.05, 0.1) is 29.0 Å². The summed E-state index contributed by atoms with van der Waals surface area (Å²) in [5.41, 5.74) is -0.244. The van der Waals surface area contributed by atoms with Crippen molar-refractivity contribution in [1.82, 2.24) is 0 Å². The Morgan fingerprint density at radius 2 is 1.85 bits per heavy atom. The molecule has 0 aliphatic carbocycles. The fourth-order valence-electron chi connectivity index (χ4n) is 2.60. The molecule has 2 aromatic carbocycles. The molecule has 0 spiro atoms. The summed E-state index contributed by atoms with van der Waals surface area (Å²) in [6.45, 7) is 2.83. The number of sulfone groups is 1. The first-order valence-electron chi connectivity index (χ1n) is 7.79. The van der Waals surface area contributed by atoms with Crippen LogP contribution >= 0.6 is 0 Å². The first kappa shape index (κ1) is 20.8. The van der Waals surface area contributed by atoms with Gasteiger partial charge in [0.2, 0.25) is 5.91 Å². The van der Waals surface area contributed by atoms with Crippen LogP contribution in [0.15, 0.2) is 41.3 Å². The van der Waals surface area contributed by atoms with Crippen molar-refractivity contribution >= 4 is 21.4 Å². The summed E-state index contributed by atoms with van der Waals surface area (Å²) in [6, 6.07) is 6.89. The number of rotatable bonds is 5. The molecular weight excluding hydrogens is 383 g/mol. The van der Waals surface area contributed by atoms with Gasteiger partial charge in [-0.2, -0.15) is 13.2 Å². The minimum atomic E-state index is -4.56. The van der Waals surface area contributed by atoms with Crippen molar-refractivity contribution in [2.45, 2.75) is 30.7 Å². The van der Waals surface area contributed by atoms with E-state index in [0.717, 1.165) is 12.1 Å². The van der Waals surface area contributed by atoms with Gasteiger partial charge < -0.3 is 10.1 Å². The van der Waals surface area contributed by atoms with Gasteiger partial charge in [-0.15, -0.1) is 0 Å². The molecule has 0 atom stereocenters. The Bertz CT molecular complexity index is 969. The normalized spacial score (nSPS) is 11.9. The number of hydrogen-bond acceptors (Lipinski definition) is 4. The Hall–Kier alpha value is -2.55. The minimum absolute atomic E-state index is 0.0223. The molecule has 2 aromatic rings. The van der Waals surface area contributed by atoms with Gasteiger partial charge in [-0.25, -0.2) is 8.42 Å². The van der Waals surface area contributed by atoms with Gasteiger partial charge in [0.25, 0.3) is 0 Å². The lowest BCUT2D eigenvalue weighted by Gasteiger charge is -2.15. The van der Waals surface area contributed by atoms with Crippen molar-refractivity contribution in [3.8, 4) is 5.75 Å². The third-order valence-electron chi connectivity index (χ3n) is 3.75. The Kier molecular flexibility index (Phi) is 5.84. The quantitative estimate of drug-likeness (QED) is 0.823. The number of ether oxygens (including phenoxy) is 1. The standard InChI is InChI=1S/C18H18F3NO4S/c1-11-7-15(22-12(2)23)16(26-3)9-17(11)27(24,25)10-13-5-4-6-14(8-13)18(19,20)21/h4-9H,10H2,1-3H3,(H,22,23). The average molecular weight is 401 g/mol. The Labute approximate surface area is 155 Å². The molecule has 0 radical (unpaired) electrons. The highest BCUT2D eigenvalue weighted by atomic mass is 32.2. The molecule has 5 nitrogen and oxygen atoms in total. The lowest BCUT2D eigenvalue weighted by atomic mass is 10.1. The van der Waals surface area contributed by atoms with Gasteiger partial charge >= 0.3 is 6.18 Å². The highest BCUT2D eigenvalue weighted by Crippen LogP contribution is 2.33. The first-order chi connectivity index (χ1) is 12.4. The van der Waals surface area contributed by atoms with Gasteiger partial charge in [-0.1, -0.05) is 18.2 Å². The Morgan fingerprint density at radius 1 is 1.19 bits per heavy atom. The van der Waals surface area contributed by atoms with Gasteiger partial charge in [0.1, 0.15) is 5.75 Å². The molecular formula is C18H18F3NO4S. The third-order valence-corrected chi connectivity index (χ3v) is 5.58. The van der Waals surface area contributed by atoms with E-state index in [2.05, 4.69) is 5.32 Å². The van der Waals surface area contributed by atoms with E-state index in [1.165, 1.54) is 45.2 Å². The van der Waals surface area contributed by atoms with Crippen molar-refractivity contribution in [2.24, 2.45) is 0 Å². The van der Waals surface area contributed by atoms with Crippen molar-refractivity contribution in [1.29, 1.82) is 0 Å². The second-order valence-corrected chi connectivity index (χ2v) is 7.91. The summed E-state index contributed by atoms with van der Waals surface area (Å²) in [4.78, 5) is 11.2. The summed E-state index contributed by atoms with van der Waals surface area (Å²) >= 11 is 0. The number of alkyl halides is 3. The number of nitrogens with one attached hydrogen (secondary N) is 1. The fourth-order valence-corrected chi connectivity index (χ4v) is 4.21. The van der Waals surface area contributed by atoms with Crippen LogP contribution in [0.1, 0.15) is 23.6 Å². The number of methoxy groups -OCH3 is 1. The van der Waals surface area contributed by atoms with Crippen molar-refractivity contribution in [3.05, 3.63) is 53.1 Å². The predicted octanol–water partition coefficient (Wildman–Crippen LogP) is 3.95. The SMILES string of the molecule is COc1cc(S(=O)(=O)Cc2cccc(C(F)(F)F)c2)c(C)cc1NC(C)=O. The molecule has 0 saturated heterocycles. The summed E-state index contributed by atoms with van der Waals surface area (Å²) in [5, 5.41) is 2.53. The van der Waals surface area contributed by atoms with Crippen molar-refractivity contribution < 1.29 is 31.1 Å². The minimum Gasteiger partial charge on any atom is -0.495 e.